The Morgan fingerprint density at radius 1 is 0.680 bits per heavy atom. The lowest BCUT2D eigenvalue weighted by atomic mass is 10.4. The van der Waals surface area contributed by atoms with Crippen molar-refractivity contribution in [2.45, 2.75) is 32.8 Å². The Bertz CT molecular complexity index is 805. The van der Waals surface area contributed by atoms with E-state index in [1.165, 1.54) is 38.1 Å². The van der Waals surface area contributed by atoms with E-state index in [4.69, 9.17) is 3.63 Å². The van der Waals surface area contributed by atoms with Gasteiger partial charge in [0.25, 0.3) is 0 Å². The molecule has 2 aromatic carbocycles. The molecular weight excluding hydrogens is 400 g/mol. The van der Waals surface area contributed by atoms with Gasteiger partial charge in [-0.05, 0) is 38.1 Å². The van der Waals surface area contributed by atoms with Gasteiger partial charge in [-0.15, -0.1) is 0 Å². The van der Waals surface area contributed by atoms with E-state index >= 15 is 0 Å². The van der Waals surface area contributed by atoms with Crippen molar-refractivity contribution in [3.8, 4) is 0 Å². The standard InChI is InChI=1S/C16H18O5S4/c1-13(24(17,18)15-9-5-3-6-10-15)22-21-23-14(2)25(19,20)16-11-7-4-8-12-16/h3-14H,1-2H3. The number of hydrogen-bond acceptors (Lipinski definition) is 7. The molecule has 0 N–H and O–H groups in total. The highest BCUT2D eigenvalue weighted by Crippen LogP contribution is 2.32. The fourth-order valence-corrected chi connectivity index (χ4v) is 6.82. The van der Waals surface area contributed by atoms with Crippen LogP contribution in [0.3, 0.4) is 0 Å². The Morgan fingerprint density at radius 3 is 1.32 bits per heavy atom. The molecule has 0 radical (unpaired) electrons. The summed E-state index contributed by atoms with van der Waals surface area (Å²) in [6.07, 6.45) is 0. The van der Waals surface area contributed by atoms with Crippen LogP contribution >= 0.6 is 24.1 Å². The van der Waals surface area contributed by atoms with Gasteiger partial charge in [0.15, 0.2) is 19.7 Å². The number of benzene rings is 2. The molecule has 5 nitrogen and oxygen atoms in total. The van der Waals surface area contributed by atoms with Crippen molar-refractivity contribution in [3.05, 3.63) is 60.7 Å². The molecule has 0 bridgehead atoms. The summed E-state index contributed by atoms with van der Waals surface area (Å²) in [5.41, 5.74) is 0. The zero-order valence-electron chi connectivity index (χ0n) is 13.6. The van der Waals surface area contributed by atoms with Crippen LogP contribution in [0.25, 0.3) is 0 Å². The summed E-state index contributed by atoms with van der Waals surface area (Å²) in [6.45, 7) is 3.01. The maximum absolute atomic E-state index is 12.4. The first kappa shape index (κ1) is 20.3. The highest BCUT2D eigenvalue weighted by Gasteiger charge is 2.28. The van der Waals surface area contributed by atoms with Gasteiger partial charge < -0.3 is 0 Å². The molecule has 0 amide bonds. The Kier molecular flexibility index (Phi) is 6.98. The molecule has 0 aliphatic carbocycles. The number of hydrogen-bond donors (Lipinski definition) is 0. The maximum Gasteiger partial charge on any atom is 0.192 e. The molecule has 0 aromatic heterocycles. The van der Waals surface area contributed by atoms with Gasteiger partial charge in [0.05, 0.1) is 9.79 Å². The molecule has 9 heteroatoms. The molecule has 0 aliphatic rings. The average molecular weight is 419 g/mol. The van der Waals surface area contributed by atoms with Crippen LogP contribution < -0.4 is 0 Å². The normalized spacial score (nSPS) is 14.8. The lowest BCUT2D eigenvalue weighted by molar-refractivity contribution is 0.593. The number of rotatable bonds is 8. The van der Waals surface area contributed by atoms with E-state index in [9.17, 15) is 16.8 Å². The van der Waals surface area contributed by atoms with Crippen LogP contribution in [0, 0.1) is 0 Å². The highest BCUT2D eigenvalue weighted by molar-refractivity contribution is 8.19. The average Bonchev–Trinajstić information content (AvgIpc) is 2.62. The fraction of sp³-hybridized carbons (Fsp3) is 0.250. The van der Waals surface area contributed by atoms with Crippen molar-refractivity contribution in [1.82, 2.24) is 0 Å². The minimum Gasteiger partial charge on any atom is -0.245 e. The predicted octanol–water partition coefficient (Wildman–Crippen LogP) is 3.94. The van der Waals surface area contributed by atoms with Crippen LogP contribution in [0.4, 0.5) is 0 Å². The van der Waals surface area contributed by atoms with Gasteiger partial charge in [0, 0.05) is 24.1 Å². The summed E-state index contributed by atoms with van der Waals surface area (Å²) in [5.74, 6) is 0. The molecule has 0 aliphatic heterocycles. The van der Waals surface area contributed by atoms with Crippen molar-refractivity contribution in [2.75, 3.05) is 0 Å². The Morgan fingerprint density at radius 2 is 1.00 bits per heavy atom. The topological polar surface area (TPSA) is 77.5 Å². The second-order valence-electron chi connectivity index (χ2n) is 5.11. The Hall–Kier alpha value is -1.00. The van der Waals surface area contributed by atoms with Crippen molar-refractivity contribution in [3.63, 3.8) is 0 Å². The van der Waals surface area contributed by atoms with Crippen molar-refractivity contribution in [1.29, 1.82) is 0 Å². The second-order valence-corrected chi connectivity index (χ2v) is 12.6. The molecule has 0 saturated carbocycles. The zero-order chi connectivity index (χ0) is 18.5. The summed E-state index contributed by atoms with van der Waals surface area (Å²) in [4.78, 5) is 0.405. The third kappa shape index (κ3) is 5.01. The van der Waals surface area contributed by atoms with E-state index < -0.39 is 28.8 Å². The quantitative estimate of drug-likeness (QED) is 0.601. The maximum atomic E-state index is 12.4. The Labute approximate surface area is 157 Å². The summed E-state index contributed by atoms with van der Waals surface area (Å²) in [5, 5.41) is 0. The SMILES string of the molecule is CC(SOSC(C)S(=O)(=O)c1ccccc1)S(=O)(=O)c1ccccc1. The van der Waals surface area contributed by atoms with Crippen LogP contribution in [0.2, 0.25) is 0 Å². The summed E-state index contributed by atoms with van der Waals surface area (Å²) in [6, 6.07) is 16.1. The second kappa shape index (κ2) is 8.59. The third-order valence-electron chi connectivity index (χ3n) is 3.37. The molecule has 0 heterocycles. The van der Waals surface area contributed by atoms with Gasteiger partial charge in [-0.3, -0.25) is 0 Å². The molecule has 25 heavy (non-hydrogen) atoms. The number of sulfone groups is 2. The largest absolute Gasteiger partial charge is 0.245 e. The molecule has 0 spiro atoms. The van der Waals surface area contributed by atoms with Crippen LogP contribution in [0.5, 0.6) is 0 Å². The smallest absolute Gasteiger partial charge is 0.192 e. The van der Waals surface area contributed by atoms with Gasteiger partial charge in [-0.25, -0.2) is 20.5 Å². The van der Waals surface area contributed by atoms with E-state index in [0.717, 1.165) is 24.1 Å². The highest BCUT2D eigenvalue weighted by atomic mass is 32.3. The lowest BCUT2D eigenvalue weighted by Crippen LogP contribution is -2.16. The van der Waals surface area contributed by atoms with Gasteiger partial charge in [0.2, 0.25) is 0 Å². The Balaban J connectivity index is 1.96. The van der Waals surface area contributed by atoms with Crippen LogP contribution in [0.1, 0.15) is 13.8 Å². The zero-order valence-corrected chi connectivity index (χ0v) is 16.9. The molecule has 2 aromatic rings. The van der Waals surface area contributed by atoms with E-state index in [1.807, 2.05) is 0 Å². The minimum absolute atomic E-state index is 0.202. The molecule has 0 saturated heterocycles. The fourth-order valence-electron chi connectivity index (χ4n) is 1.84. The van der Waals surface area contributed by atoms with Crippen LogP contribution in [-0.2, 0) is 23.3 Å². The van der Waals surface area contributed by atoms with Crippen LogP contribution in [-0.4, -0.2) is 26.0 Å². The summed E-state index contributed by atoms with van der Waals surface area (Å²) in [7, 11) is -7.10. The van der Waals surface area contributed by atoms with Crippen molar-refractivity contribution < 1.29 is 20.5 Å². The minimum atomic E-state index is -3.55. The van der Waals surface area contributed by atoms with Gasteiger partial charge >= 0.3 is 0 Å². The first-order chi connectivity index (χ1) is 11.8. The third-order valence-corrected chi connectivity index (χ3v) is 10.1. The van der Waals surface area contributed by atoms with Crippen molar-refractivity contribution >= 4 is 43.8 Å². The molecule has 0 fully saturated rings. The van der Waals surface area contributed by atoms with Gasteiger partial charge in [-0.1, -0.05) is 36.4 Å². The van der Waals surface area contributed by atoms with E-state index in [0.29, 0.717) is 0 Å². The lowest BCUT2D eigenvalue weighted by Gasteiger charge is -2.14. The van der Waals surface area contributed by atoms with Crippen LogP contribution in [0.15, 0.2) is 70.5 Å². The molecule has 2 unspecified atom stereocenters. The summed E-state index contributed by atoms with van der Waals surface area (Å²) < 4.78 is 53.1. The summed E-state index contributed by atoms with van der Waals surface area (Å²) >= 11 is 1.46. The molecular formula is C16H18O5S4. The molecule has 2 rings (SSSR count). The van der Waals surface area contributed by atoms with E-state index in [-0.39, 0.29) is 9.79 Å². The van der Waals surface area contributed by atoms with E-state index in [2.05, 4.69) is 0 Å². The first-order valence-corrected chi connectivity index (χ1v) is 12.0. The van der Waals surface area contributed by atoms with Crippen molar-refractivity contribution in [2.24, 2.45) is 0 Å². The van der Waals surface area contributed by atoms with Gasteiger partial charge in [0.1, 0.15) is 9.16 Å². The van der Waals surface area contributed by atoms with Gasteiger partial charge in [-0.2, -0.15) is 0 Å². The molecule has 136 valence electrons. The molecule has 2 atom stereocenters. The van der Waals surface area contributed by atoms with E-state index in [1.54, 1.807) is 36.4 Å². The first-order valence-electron chi connectivity index (χ1n) is 7.33. The predicted molar refractivity (Wildman–Crippen MR) is 102 cm³/mol. The monoisotopic (exact) mass is 418 g/mol.